The number of nitrogens with zero attached hydrogens (tertiary/aromatic N) is 2. The van der Waals surface area contributed by atoms with E-state index in [1.807, 2.05) is 0 Å². The molecular weight excluding hydrogens is 607 g/mol. The van der Waals surface area contributed by atoms with Gasteiger partial charge in [0.25, 0.3) is 15.0 Å². The van der Waals surface area contributed by atoms with Gasteiger partial charge in [0.2, 0.25) is 0 Å². The molecule has 246 valence electrons. The van der Waals surface area contributed by atoms with Gasteiger partial charge in [-0.05, 0) is 47.6 Å². The third kappa shape index (κ3) is 10.5. The molecule has 2 aliphatic rings. The van der Waals surface area contributed by atoms with Gasteiger partial charge in [-0.25, -0.2) is 19.6 Å². The molecule has 0 saturated carbocycles. The zero-order valence-electron chi connectivity index (χ0n) is 26.2. The van der Waals surface area contributed by atoms with Crippen molar-refractivity contribution in [3.63, 3.8) is 0 Å². The summed E-state index contributed by atoms with van der Waals surface area (Å²) in [4.78, 5) is 29.8. The standard InChI is InChI=1S/C26H46FN5O9P2/c1-15(2)39-24(33)17(5)30-42(9,35)37-13-20-26(8,14-38-43(10,36)31-18(6)25(34)40-16(3)4)22(27)23(41-20)32-12-11-21(28)29-19(32)7/h11-12,15-18,20,22-23H,7,13-14H2,1-6,8-10H3,(H2,28,29)(H,30,35)(H,31,36)/t17-,18-,20+,22-,23+,26?,42?,43?/m0/s1. The minimum atomic E-state index is -3.68. The van der Waals surface area contributed by atoms with E-state index in [-0.39, 0.29) is 23.9 Å². The van der Waals surface area contributed by atoms with Crippen LogP contribution in [0.25, 0.3) is 0 Å². The zero-order valence-corrected chi connectivity index (χ0v) is 28.0. The summed E-state index contributed by atoms with van der Waals surface area (Å²) >= 11 is 0. The molecule has 0 spiro atoms. The van der Waals surface area contributed by atoms with Gasteiger partial charge in [-0.15, -0.1) is 0 Å². The van der Waals surface area contributed by atoms with Crippen LogP contribution in [-0.4, -0.2) is 92.0 Å². The van der Waals surface area contributed by atoms with Gasteiger partial charge < -0.3 is 33.9 Å². The van der Waals surface area contributed by atoms with Crippen LogP contribution in [0.15, 0.2) is 29.7 Å². The van der Waals surface area contributed by atoms with E-state index in [1.165, 1.54) is 51.3 Å². The number of hydrogen-bond donors (Lipinski definition) is 3. The predicted molar refractivity (Wildman–Crippen MR) is 160 cm³/mol. The maximum absolute atomic E-state index is 16.3. The Labute approximate surface area is 252 Å². The van der Waals surface area contributed by atoms with E-state index in [0.717, 1.165) is 0 Å². The highest BCUT2D eigenvalue weighted by molar-refractivity contribution is 7.56. The highest BCUT2D eigenvalue weighted by atomic mass is 31.2. The number of hydrogen-bond acceptors (Lipinski definition) is 12. The minimum absolute atomic E-state index is 0.123. The molecule has 0 aliphatic carbocycles. The molecule has 8 atom stereocenters. The van der Waals surface area contributed by atoms with Crippen LogP contribution in [-0.2, 0) is 42.0 Å². The fourth-order valence-electron chi connectivity index (χ4n) is 4.25. The van der Waals surface area contributed by atoms with Crippen LogP contribution < -0.4 is 15.9 Å². The number of aliphatic imine (C=N–C) groups is 1. The monoisotopic (exact) mass is 653 g/mol. The first-order valence-electron chi connectivity index (χ1n) is 13.9. The number of nitrogens with one attached hydrogen (secondary N) is 2. The molecule has 0 amide bonds. The maximum atomic E-state index is 16.3. The van der Waals surface area contributed by atoms with Crippen molar-refractivity contribution in [2.24, 2.45) is 16.1 Å². The summed E-state index contributed by atoms with van der Waals surface area (Å²) in [5, 5.41) is 5.24. The summed E-state index contributed by atoms with van der Waals surface area (Å²) in [6.45, 7) is 16.7. The Morgan fingerprint density at radius 1 is 1.07 bits per heavy atom. The molecule has 3 unspecified atom stereocenters. The largest absolute Gasteiger partial charge is 0.462 e. The van der Waals surface area contributed by atoms with Crippen molar-refractivity contribution in [1.82, 2.24) is 15.1 Å². The number of carbonyl (C=O) groups is 2. The molecule has 2 heterocycles. The van der Waals surface area contributed by atoms with Crippen LogP contribution in [0.4, 0.5) is 4.39 Å². The number of amidine groups is 1. The normalized spacial score (nSPS) is 28.3. The highest BCUT2D eigenvalue weighted by Crippen LogP contribution is 2.49. The van der Waals surface area contributed by atoms with Gasteiger partial charge in [-0.3, -0.25) is 18.7 Å². The first kappa shape index (κ1) is 37.1. The molecule has 14 nitrogen and oxygen atoms in total. The third-order valence-corrected chi connectivity index (χ3v) is 9.49. The molecule has 1 fully saturated rings. The molecule has 0 aromatic heterocycles. The van der Waals surface area contributed by atoms with Gasteiger partial charge in [0, 0.05) is 19.5 Å². The van der Waals surface area contributed by atoms with Crippen LogP contribution in [0.3, 0.4) is 0 Å². The fourth-order valence-corrected chi connectivity index (χ4v) is 6.96. The second-order valence-corrected chi connectivity index (χ2v) is 15.9. The molecule has 1 saturated heterocycles. The molecule has 2 rings (SSSR count). The quantitative estimate of drug-likeness (QED) is 0.173. The summed E-state index contributed by atoms with van der Waals surface area (Å²) < 4.78 is 70.5. The number of carbonyl (C=O) groups excluding carboxylic acids is 2. The Bertz CT molecular complexity index is 1200. The number of esters is 2. The van der Waals surface area contributed by atoms with Crippen molar-refractivity contribution in [3.05, 3.63) is 24.7 Å². The summed E-state index contributed by atoms with van der Waals surface area (Å²) in [5.74, 6) is -0.948. The number of halogens is 1. The number of ether oxygens (including phenoxy) is 3. The Balaban J connectivity index is 2.24. The minimum Gasteiger partial charge on any atom is -0.462 e. The second-order valence-electron chi connectivity index (χ2n) is 11.5. The summed E-state index contributed by atoms with van der Waals surface area (Å²) in [5.41, 5.74) is 4.22. The van der Waals surface area contributed by atoms with E-state index in [1.54, 1.807) is 27.7 Å². The van der Waals surface area contributed by atoms with E-state index in [9.17, 15) is 18.7 Å². The molecule has 2 aliphatic heterocycles. The van der Waals surface area contributed by atoms with Crippen LogP contribution in [0, 0.1) is 5.41 Å². The lowest BCUT2D eigenvalue weighted by Gasteiger charge is -2.34. The average molecular weight is 654 g/mol. The first-order chi connectivity index (χ1) is 19.7. The fraction of sp³-hybridized carbons (Fsp3) is 0.731. The Kier molecular flexibility index (Phi) is 12.7. The van der Waals surface area contributed by atoms with Gasteiger partial charge in [-0.2, -0.15) is 0 Å². The SMILES string of the molecule is C=C1N=C(N)C=CN1[C@@H]1O[C@H](COP(C)(=O)N[C@@H](C)C(=O)OC(C)C)C(C)(COP(C)(=O)N[C@@H](C)C(=O)OC(C)C)[C@H]1F. The Morgan fingerprint density at radius 2 is 1.56 bits per heavy atom. The third-order valence-electron chi connectivity index (χ3n) is 6.52. The van der Waals surface area contributed by atoms with Crippen molar-refractivity contribution in [3.8, 4) is 0 Å². The van der Waals surface area contributed by atoms with E-state index in [4.69, 9.17) is 29.0 Å². The molecular formula is C26H46FN5O9P2. The van der Waals surface area contributed by atoms with Crippen LogP contribution in [0.1, 0.15) is 48.5 Å². The molecule has 0 aromatic carbocycles. The van der Waals surface area contributed by atoms with Crippen LogP contribution >= 0.6 is 15.0 Å². The number of rotatable bonds is 15. The van der Waals surface area contributed by atoms with E-state index < -0.39 is 76.2 Å². The molecule has 0 aromatic rings. The summed E-state index contributed by atoms with van der Waals surface area (Å²) in [7, 11) is -7.31. The van der Waals surface area contributed by atoms with Crippen molar-refractivity contribution in [1.29, 1.82) is 0 Å². The van der Waals surface area contributed by atoms with E-state index in [2.05, 4.69) is 21.7 Å². The van der Waals surface area contributed by atoms with Crippen molar-refractivity contribution in [2.75, 3.05) is 26.5 Å². The second kappa shape index (κ2) is 14.8. The topological polar surface area (TPSA) is 180 Å². The average Bonchev–Trinajstić information content (AvgIpc) is 3.10. The van der Waals surface area contributed by atoms with Gasteiger partial charge in [-0.1, -0.05) is 13.5 Å². The van der Waals surface area contributed by atoms with Crippen molar-refractivity contribution in [2.45, 2.75) is 91.3 Å². The summed E-state index contributed by atoms with van der Waals surface area (Å²) in [6.07, 6.45) is -1.97. The molecule has 0 radical (unpaired) electrons. The van der Waals surface area contributed by atoms with E-state index in [0.29, 0.717) is 0 Å². The molecule has 43 heavy (non-hydrogen) atoms. The van der Waals surface area contributed by atoms with Crippen molar-refractivity contribution < 1.29 is 46.4 Å². The number of alkyl halides is 1. The Hall–Kier alpha value is -2.12. The molecule has 4 N–H and O–H groups in total. The highest BCUT2D eigenvalue weighted by Gasteiger charge is 2.57. The number of nitrogens with two attached hydrogens (primary N) is 1. The Morgan fingerprint density at radius 3 is 2.02 bits per heavy atom. The summed E-state index contributed by atoms with van der Waals surface area (Å²) in [6, 6.07) is -1.92. The lowest BCUT2D eigenvalue weighted by atomic mass is 9.82. The molecule has 0 bridgehead atoms. The van der Waals surface area contributed by atoms with Gasteiger partial charge in [0.15, 0.2) is 12.4 Å². The van der Waals surface area contributed by atoms with Crippen molar-refractivity contribution >= 4 is 32.8 Å². The first-order valence-corrected chi connectivity index (χ1v) is 18.0. The predicted octanol–water partition coefficient (Wildman–Crippen LogP) is 3.25. The lowest BCUT2D eigenvalue weighted by molar-refractivity contribution is -0.149. The van der Waals surface area contributed by atoms with Crippen LogP contribution in [0.2, 0.25) is 0 Å². The molecule has 17 heteroatoms. The lowest BCUT2D eigenvalue weighted by Crippen LogP contribution is -2.45. The van der Waals surface area contributed by atoms with Gasteiger partial charge in [0.05, 0.1) is 36.9 Å². The maximum Gasteiger partial charge on any atom is 0.323 e. The zero-order chi connectivity index (χ0) is 32.9. The van der Waals surface area contributed by atoms with E-state index >= 15 is 4.39 Å². The van der Waals surface area contributed by atoms with Crippen LogP contribution in [0.5, 0.6) is 0 Å². The smallest absolute Gasteiger partial charge is 0.323 e. The van der Waals surface area contributed by atoms with Gasteiger partial charge >= 0.3 is 11.9 Å². The van der Waals surface area contributed by atoms with Gasteiger partial charge in [0.1, 0.15) is 23.7 Å².